The molecular formula is C20H20N4O2S. The fourth-order valence-electron chi connectivity index (χ4n) is 3.40. The molecule has 0 atom stereocenters. The molecule has 0 aliphatic carbocycles. The van der Waals surface area contributed by atoms with Gasteiger partial charge in [0.1, 0.15) is 0 Å². The molecule has 6 nitrogen and oxygen atoms in total. The first-order valence-corrected chi connectivity index (χ1v) is 9.38. The number of carbonyl (C=O) groups is 2. The minimum absolute atomic E-state index is 0.00456. The molecule has 1 aliphatic heterocycles. The minimum Gasteiger partial charge on any atom is -0.349 e. The lowest BCUT2D eigenvalue weighted by Gasteiger charge is -2.32. The number of nitrogens with one attached hydrogen (secondary N) is 2. The lowest BCUT2D eigenvalue weighted by molar-refractivity contribution is 0.0695. The third-order valence-corrected chi connectivity index (χ3v) is 5.32. The molecule has 138 valence electrons. The maximum atomic E-state index is 12.7. The van der Waals surface area contributed by atoms with Crippen LogP contribution in [-0.4, -0.2) is 45.8 Å². The van der Waals surface area contributed by atoms with Gasteiger partial charge in [-0.1, -0.05) is 12.1 Å². The van der Waals surface area contributed by atoms with Crippen molar-refractivity contribution in [3.8, 4) is 0 Å². The molecule has 7 heteroatoms. The van der Waals surface area contributed by atoms with Crippen LogP contribution in [0.4, 0.5) is 0 Å². The Morgan fingerprint density at radius 2 is 1.93 bits per heavy atom. The second-order valence-corrected chi connectivity index (χ2v) is 7.17. The number of amides is 2. The number of aromatic amines is 1. The van der Waals surface area contributed by atoms with Crippen molar-refractivity contribution in [2.75, 3.05) is 13.1 Å². The highest BCUT2D eigenvalue weighted by Crippen LogP contribution is 2.19. The van der Waals surface area contributed by atoms with E-state index < -0.39 is 0 Å². The van der Waals surface area contributed by atoms with E-state index in [4.69, 9.17) is 0 Å². The summed E-state index contributed by atoms with van der Waals surface area (Å²) < 4.78 is 0. The quantitative estimate of drug-likeness (QED) is 0.612. The Morgan fingerprint density at radius 1 is 1.15 bits per heavy atom. The number of benzene rings is 2. The monoisotopic (exact) mass is 380 g/mol. The summed E-state index contributed by atoms with van der Waals surface area (Å²) in [6, 6.07) is 12.8. The molecule has 1 aliphatic rings. The van der Waals surface area contributed by atoms with Gasteiger partial charge in [0.15, 0.2) is 0 Å². The standard InChI is InChI=1S/C20H20N4O2S/c25-19(13-5-6-16-17(11-13)22-12-21-16)23-14-7-9-24(10-8-14)20(26)15-3-1-2-4-18(15)27/h1-6,11-12,14,27H,7-10H2,(H,21,22)(H,23,25). The Balaban J connectivity index is 1.35. The first-order valence-electron chi connectivity index (χ1n) is 8.93. The Hall–Kier alpha value is -2.80. The SMILES string of the molecule is O=C(NC1CCN(C(=O)c2ccccc2S)CC1)c1ccc2nc[nH]c2c1. The van der Waals surface area contributed by atoms with E-state index in [1.807, 2.05) is 29.2 Å². The lowest BCUT2D eigenvalue weighted by atomic mass is 10.0. The van der Waals surface area contributed by atoms with Gasteiger partial charge in [-0.3, -0.25) is 9.59 Å². The van der Waals surface area contributed by atoms with Crippen molar-refractivity contribution in [3.05, 3.63) is 59.9 Å². The number of aromatic nitrogens is 2. The van der Waals surface area contributed by atoms with Crippen LogP contribution < -0.4 is 5.32 Å². The van der Waals surface area contributed by atoms with Crippen LogP contribution in [0.5, 0.6) is 0 Å². The van der Waals surface area contributed by atoms with E-state index in [2.05, 4.69) is 27.9 Å². The molecule has 1 fully saturated rings. The number of thiol groups is 1. The van der Waals surface area contributed by atoms with E-state index in [-0.39, 0.29) is 17.9 Å². The second kappa shape index (κ2) is 7.44. The molecule has 0 radical (unpaired) electrons. The number of fused-ring (bicyclic) bond motifs is 1. The van der Waals surface area contributed by atoms with Gasteiger partial charge in [0.05, 0.1) is 22.9 Å². The van der Waals surface area contributed by atoms with E-state index in [0.29, 0.717) is 29.1 Å². The first kappa shape index (κ1) is 17.6. The maximum absolute atomic E-state index is 12.7. The largest absolute Gasteiger partial charge is 0.349 e. The Morgan fingerprint density at radius 3 is 2.70 bits per heavy atom. The van der Waals surface area contributed by atoms with Crippen LogP contribution >= 0.6 is 12.6 Å². The highest BCUT2D eigenvalue weighted by atomic mass is 32.1. The van der Waals surface area contributed by atoms with Crippen molar-refractivity contribution < 1.29 is 9.59 Å². The average molecular weight is 380 g/mol. The number of hydrogen-bond acceptors (Lipinski definition) is 4. The Bertz CT molecular complexity index is 992. The van der Waals surface area contributed by atoms with E-state index >= 15 is 0 Å². The van der Waals surface area contributed by atoms with Crippen LogP contribution in [0.25, 0.3) is 11.0 Å². The summed E-state index contributed by atoms with van der Waals surface area (Å²) in [7, 11) is 0. The molecule has 2 heterocycles. The number of rotatable bonds is 3. The van der Waals surface area contributed by atoms with Crippen LogP contribution in [0.1, 0.15) is 33.6 Å². The number of hydrogen-bond donors (Lipinski definition) is 3. The molecule has 4 rings (SSSR count). The smallest absolute Gasteiger partial charge is 0.254 e. The number of piperidine rings is 1. The third kappa shape index (κ3) is 3.68. The van der Waals surface area contributed by atoms with E-state index in [1.54, 1.807) is 24.5 Å². The fourth-order valence-corrected chi connectivity index (χ4v) is 3.65. The number of carbonyl (C=O) groups excluding carboxylic acids is 2. The van der Waals surface area contributed by atoms with Crippen LogP contribution in [0.3, 0.4) is 0 Å². The summed E-state index contributed by atoms with van der Waals surface area (Å²) in [5.74, 6) is -0.105. The molecule has 0 saturated carbocycles. The summed E-state index contributed by atoms with van der Waals surface area (Å²) in [4.78, 5) is 34.9. The molecule has 2 amide bonds. The molecule has 2 aromatic carbocycles. The maximum Gasteiger partial charge on any atom is 0.254 e. The normalized spacial score (nSPS) is 15.1. The number of H-pyrrole nitrogens is 1. The topological polar surface area (TPSA) is 78.1 Å². The molecule has 1 aromatic heterocycles. The molecule has 0 unspecified atom stereocenters. The number of nitrogens with zero attached hydrogens (tertiary/aromatic N) is 2. The summed E-state index contributed by atoms with van der Waals surface area (Å²) in [5.41, 5.74) is 2.90. The predicted molar refractivity (Wildman–Crippen MR) is 106 cm³/mol. The van der Waals surface area contributed by atoms with Crippen molar-refractivity contribution >= 4 is 35.5 Å². The number of likely N-dealkylation sites (tertiary alicyclic amines) is 1. The van der Waals surface area contributed by atoms with Crippen molar-refractivity contribution in [2.45, 2.75) is 23.8 Å². The first-order chi connectivity index (χ1) is 13.1. The molecular weight excluding hydrogens is 360 g/mol. The molecule has 27 heavy (non-hydrogen) atoms. The van der Waals surface area contributed by atoms with Crippen molar-refractivity contribution in [1.29, 1.82) is 0 Å². The fraction of sp³-hybridized carbons (Fsp3) is 0.250. The minimum atomic E-state index is -0.100. The van der Waals surface area contributed by atoms with Gasteiger partial charge in [0, 0.05) is 29.6 Å². The average Bonchev–Trinajstić information content (AvgIpc) is 3.16. The van der Waals surface area contributed by atoms with Gasteiger partial charge in [-0.15, -0.1) is 12.6 Å². The van der Waals surface area contributed by atoms with Gasteiger partial charge in [-0.25, -0.2) is 4.98 Å². The Labute approximate surface area is 162 Å². The van der Waals surface area contributed by atoms with Gasteiger partial charge < -0.3 is 15.2 Å². The number of imidazole rings is 1. The van der Waals surface area contributed by atoms with Crippen LogP contribution in [0.2, 0.25) is 0 Å². The van der Waals surface area contributed by atoms with Gasteiger partial charge in [-0.2, -0.15) is 0 Å². The van der Waals surface area contributed by atoms with Gasteiger partial charge in [0.2, 0.25) is 0 Å². The Kier molecular flexibility index (Phi) is 4.85. The van der Waals surface area contributed by atoms with E-state index in [1.165, 1.54) is 0 Å². The van der Waals surface area contributed by atoms with Crippen LogP contribution in [0.15, 0.2) is 53.7 Å². The van der Waals surface area contributed by atoms with Gasteiger partial charge in [-0.05, 0) is 43.2 Å². The predicted octanol–water partition coefficient (Wildman–Crippen LogP) is 2.89. The molecule has 0 bridgehead atoms. The molecule has 1 saturated heterocycles. The van der Waals surface area contributed by atoms with Crippen molar-refractivity contribution in [3.63, 3.8) is 0 Å². The zero-order valence-electron chi connectivity index (χ0n) is 14.7. The van der Waals surface area contributed by atoms with E-state index in [0.717, 1.165) is 23.9 Å². The summed E-state index contributed by atoms with van der Waals surface area (Å²) >= 11 is 4.37. The summed E-state index contributed by atoms with van der Waals surface area (Å²) in [5, 5.41) is 3.08. The second-order valence-electron chi connectivity index (χ2n) is 6.69. The third-order valence-electron chi connectivity index (χ3n) is 4.93. The summed E-state index contributed by atoms with van der Waals surface area (Å²) in [6.07, 6.45) is 3.08. The lowest BCUT2D eigenvalue weighted by Crippen LogP contribution is -2.46. The highest BCUT2D eigenvalue weighted by molar-refractivity contribution is 7.80. The van der Waals surface area contributed by atoms with E-state index in [9.17, 15) is 9.59 Å². The highest BCUT2D eigenvalue weighted by Gasteiger charge is 2.25. The molecule has 0 spiro atoms. The van der Waals surface area contributed by atoms with Gasteiger partial charge >= 0.3 is 0 Å². The van der Waals surface area contributed by atoms with Crippen LogP contribution in [-0.2, 0) is 0 Å². The van der Waals surface area contributed by atoms with Crippen LogP contribution in [0, 0.1) is 0 Å². The summed E-state index contributed by atoms with van der Waals surface area (Å²) in [6.45, 7) is 1.23. The zero-order chi connectivity index (χ0) is 18.8. The zero-order valence-corrected chi connectivity index (χ0v) is 15.6. The molecule has 3 aromatic rings. The van der Waals surface area contributed by atoms with Crippen molar-refractivity contribution in [2.24, 2.45) is 0 Å². The van der Waals surface area contributed by atoms with Gasteiger partial charge in [0.25, 0.3) is 11.8 Å². The van der Waals surface area contributed by atoms with Crippen molar-refractivity contribution in [1.82, 2.24) is 20.2 Å². The molecule has 2 N–H and O–H groups in total.